The van der Waals surface area contributed by atoms with Gasteiger partial charge in [0.1, 0.15) is 0 Å². The zero-order valence-corrected chi connectivity index (χ0v) is 17.2. The fourth-order valence-electron chi connectivity index (χ4n) is 3.62. The SMILES string of the molecule is O=C(c1cccc(-n2cccn2)c1)N1CCC(c2ccccc2Cl)S(=O)(=O)CC1. The largest absolute Gasteiger partial charge is 0.338 e. The number of carbonyl (C=O) groups is 1. The Bertz CT molecular complexity index is 1130. The lowest BCUT2D eigenvalue weighted by atomic mass is 10.1. The van der Waals surface area contributed by atoms with Gasteiger partial charge in [-0.05, 0) is 42.3 Å². The number of carbonyl (C=O) groups excluding carboxylic acids is 1. The maximum atomic E-state index is 13.1. The smallest absolute Gasteiger partial charge is 0.253 e. The van der Waals surface area contributed by atoms with E-state index < -0.39 is 15.1 Å². The number of rotatable bonds is 3. The van der Waals surface area contributed by atoms with E-state index >= 15 is 0 Å². The predicted molar refractivity (Wildman–Crippen MR) is 112 cm³/mol. The van der Waals surface area contributed by atoms with Crippen LogP contribution in [0, 0.1) is 0 Å². The lowest BCUT2D eigenvalue weighted by molar-refractivity contribution is 0.0766. The van der Waals surface area contributed by atoms with Crippen LogP contribution in [0.15, 0.2) is 67.0 Å². The fourth-order valence-corrected chi connectivity index (χ4v) is 5.77. The first kappa shape index (κ1) is 19.7. The van der Waals surface area contributed by atoms with Crippen LogP contribution in [0.25, 0.3) is 5.69 Å². The first-order chi connectivity index (χ1) is 14.0. The molecule has 6 nitrogen and oxygen atoms in total. The van der Waals surface area contributed by atoms with Gasteiger partial charge in [0, 0.05) is 36.1 Å². The monoisotopic (exact) mass is 429 g/mol. The van der Waals surface area contributed by atoms with Crippen molar-refractivity contribution in [3.8, 4) is 5.69 Å². The Hall–Kier alpha value is -2.64. The van der Waals surface area contributed by atoms with Gasteiger partial charge in [0.25, 0.3) is 5.91 Å². The second-order valence-corrected chi connectivity index (χ2v) is 9.67. The summed E-state index contributed by atoms with van der Waals surface area (Å²) in [7, 11) is -3.42. The second-order valence-electron chi connectivity index (χ2n) is 6.96. The van der Waals surface area contributed by atoms with Gasteiger partial charge in [0.15, 0.2) is 9.84 Å². The molecule has 29 heavy (non-hydrogen) atoms. The predicted octanol–water partition coefficient (Wildman–Crippen LogP) is 3.53. The molecule has 0 radical (unpaired) electrons. The molecule has 4 rings (SSSR count). The van der Waals surface area contributed by atoms with Crippen LogP contribution < -0.4 is 0 Å². The number of nitrogens with zero attached hydrogens (tertiary/aromatic N) is 3. The third-order valence-electron chi connectivity index (χ3n) is 5.14. The van der Waals surface area contributed by atoms with Crippen LogP contribution in [0.4, 0.5) is 0 Å². The molecule has 0 aliphatic carbocycles. The number of hydrogen-bond donors (Lipinski definition) is 0. The lowest BCUT2D eigenvalue weighted by Crippen LogP contribution is -2.33. The molecule has 1 fully saturated rings. The van der Waals surface area contributed by atoms with Crippen molar-refractivity contribution in [3.63, 3.8) is 0 Å². The Morgan fingerprint density at radius 2 is 1.90 bits per heavy atom. The van der Waals surface area contributed by atoms with E-state index in [2.05, 4.69) is 5.10 Å². The van der Waals surface area contributed by atoms with Gasteiger partial charge < -0.3 is 4.90 Å². The van der Waals surface area contributed by atoms with E-state index in [1.54, 1.807) is 64.4 Å². The van der Waals surface area contributed by atoms with Gasteiger partial charge in [-0.15, -0.1) is 0 Å². The van der Waals surface area contributed by atoms with E-state index in [1.807, 2.05) is 12.1 Å². The van der Waals surface area contributed by atoms with Crippen LogP contribution in [0.3, 0.4) is 0 Å². The van der Waals surface area contributed by atoms with Crippen molar-refractivity contribution in [1.82, 2.24) is 14.7 Å². The van der Waals surface area contributed by atoms with Crippen molar-refractivity contribution >= 4 is 27.3 Å². The molecule has 2 aromatic carbocycles. The average Bonchev–Trinajstić information content (AvgIpc) is 3.21. The summed E-state index contributed by atoms with van der Waals surface area (Å²) in [6.45, 7) is 0.508. The summed E-state index contributed by atoms with van der Waals surface area (Å²) in [5, 5.41) is 3.92. The molecule has 0 spiro atoms. The molecule has 150 valence electrons. The Morgan fingerprint density at radius 3 is 2.66 bits per heavy atom. The lowest BCUT2D eigenvalue weighted by Gasteiger charge is -2.20. The Kier molecular flexibility index (Phi) is 5.43. The molecular formula is C21H20ClN3O3S. The highest BCUT2D eigenvalue weighted by Crippen LogP contribution is 2.34. The third-order valence-corrected chi connectivity index (χ3v) is 7.59. The standard InChI is InChI=1S/C21H20ClN3O3S/c22-19-8-2-1-7-18(19)20-9-12-24(13-14-29(20,27)28)21(26)16-5-3-6-17(15-16)25-11-4-10-23-25/h1-8,10-11,15,20H,9,12-14H2. The zero-order valence-electron chi connectivity index (χ0n) is 15.6. The Labute approximate surface area is 174 Å². The highest BCUT2D eigenvalue weighted by Gasteiger charge is 2.34. The number of benzene rings is 2. The van der Waals surface area contributed by atoms with E-state index in [0.717, 1.165) is 5.69 Å². The van der Waals surface area contributed by atoms with Gasteiger partial charge in [-0.25, -0.2) is 13.1 Å². The van der Waals surface area contributed by atoms with E-state index in [9.17, 15) is 13.2 Å². The molecule has 3 aromatic rings. The van der Waals surface area contributed by atoms with Gasteiger partial charge in [-0.1, -0.05) is 35.9 Å². The summed E-state index contributed by atoms with van der Waals surface area (Å²) in [6.07, 6.45) is 3.79. The number of hydrogen-bond acceptors (Lipinski definition) is 4. The second kappa shape index (κ2) is 8.00. The Balaban J connectivity index is 1.58. The highest BCUT2D eigenvalue weighted by molar-refractivity contribution is 7.91. The summed E-state index contributed by atoms with van der Waals surface area (Å²) in [5.41, 5.74) is 1.88. The molecule has 0 saturated carbocycles. The van der Waals surface area contributed by atoms with Crippen LogP contribution in [0.2, 0.25) is 5.02 Å². The summed E-state index contributed by atoms with van der Waals surface area (Å²) in [6, 6.07) is 16.0. The molecule has 0 bridgehead atoms. The normalized spacial score (nSPS) is 18.9. The molecule has 1 aliphatic heterocycles. The van der Waals surface area contributed by atoms with Crippen molar-refractivity contribution in [3.05, 3.63) is 83.1 Å². The molecule has 8 heteroatoms. The minimum absolute atomic E-state index is 0.0898. The summed E-state index contributed by atoms with van der Waals surface area (Å²) in [5.74, 6) is -0.276. The molecule has 1 amide bonds. The number of amides is 1. The van der Waals surface area contributed by atoms with E-state index in [4.69, 9.17) is 11.6 Å². The van der Waals surface area contributed by atoms with Gasteiger partial charge in [-0.3, -0.25) is 4.79 Å². The number of sulfone groups is 1. The minimum Gasteiger partial charge on any atom is -0.338 e. The van der Waals surface area contributed by atoms with Crippen LogP contribution in [-0.2, 0) is 9.84 Å². The van der Waals surface area contributed by atoms with Gasteiger partial charge in [0.2, 0.25) is 0 Å². The van der Waals surface area contributed by atoms with Crippen molar-refractivity contribution in [2.75, 3.05) is 18.8 Å². The van der Waals surface area contributed by atoms with E-state index in [0.29, 0.717) is 29.1 Å². The van der Waals surface area contributed by atoms with Crippen molar-refractivity contribution in [2.24, 2.45) is 0 Å². The number of aromatic nitrogens is 2. The first-order valence-electron chi connectivity index (χ1n) is 9.31. The third kappa shape index (κ3) is 4.06. The summed E-state index contributed by atoms with van der Waals surface area (Å²) in [4.78, 5) is 14.7. The maximum Gasteiger partial charge on any atom is 0.253 e. The van der Waals surface area contributed by atoms with Crippen LogP contribution in [-0.4, -0.2) is 47.8 Å². The average molecular weight is 430 g/mol. The minimum atomic E-state index is -3.42. The number of halogens is 1. The van der Waals surface area contributed by atoms with Crippen LogP contribution in [0.5, 0.6) is 0 Å². The van der Waals surface area contributed by atoms with Crippen molar-refractivity contribution in [2.45, 2.75) is 11.7 Å². The molecule has 1 saturated heterocycles. The molecular weight excluding hydrogens is 410 g/mol. The molecule has 1 unspecified atom stereocenters. The highest BCUT2D eigenvalue weighted by atomic mass is 35.5. The maximum absolute atomic E-state index is 13.1. The topological polar surface area (TPSA) is 72.3 Å². The molecule has 1 atom stereocenters. The Morgan fingerprint density at radius 1 is 1.07 bits per heavy atom. The van der Waals surface area contributed by atoms with Gasteiger partial charge in [0.05, 0.1) is 16.7 Å². The molecule has 1 aromatic heterocycles. The van der Waals surface area contributed by atoms with E-state index in [1.165, 1.54) is 0 Å². The van der Waals surface area contributed by atoms with Crippen molar-refractivity contribution < 1.29 is 13.2 Å². The zero-order chi connectivity index (χ0) is 20.4. The summed E-state index contributed by atoms with van der Waals surface area (Å²) < 4.78 is 27.4. The van der Waals surface area contributed by atoms with Gasteiger partial charge in [-0.2, -0.15) is 5.10 Å². The van der Waals surface area contributed by atoms with Crippen LogP contribution >= 0.6 is 11.6 Å². The molecule has 2 heterocycles. The first-order valence-corrected chi connectivity index (χ1v) is 11.4. The summed E-state index contributed by atoms with van der Waals surface area (Å²) >= 11 is 6.25. The van der Waals surface area contributed by atoms with Crippen molar-refractivity contribution in [1.29, 1.82) is 0 Å². The fraction of sp³-hybridized carbons (Fsp3) is 0.238. The van der Waals surface area contributed by atoms with Crippen LogP contribution in [0.1, 0.15) is 27.6 Å². The quantitative estimate of drug-likeness (QED) is 0.638. The molecule has 1 aliphatic rings. The van der Waals surface area contributed by atoms with E-state index in [-0.39, 0.29) is 18.2 Å². The van der Waals surface area contributed by atoms with Gasteiger partial charge >= 0.3 is 0 Å². The molecule has 0 N–H and O–H groups in total.